The molecule has 190 valence electrons. The molecule has 2 unspecified atom stereocenters. The van der Waals surface area contributed by atoms with Crippen molar-refractivity contribution in [1.82, 2.24) is 25.3 Å². The van der Waals surface area contributed by atoms with E-state index in [9.17, 15) is 14.0 Å². The summed E-state index contributed by atoms with van der Waals surface area (Å²) in [4.78, 5) is 32.7. The molecule has 0 spiro atoms. The number of amides is 1. The van der Waals surface area contributed by atoms with Crippen LogP contribution in [0, 0.1) is 5.82 Å². The Balaban J connectivity index is 1.19. The van der Waals surface area contributed by atoms with Crippen molar-refractivity contribution in [2.45, 2.75) is 70.0 Å². The van der Waals surface area contributed by atoms with Crippen LogP contribution in [0.4, 0.5) is 4.39 Å². The Bertz CT molecular complexity index is 1290. The van der Waals surface area contributed by atoms with E-state index in [4.69, 9.17) is 4.98 Å². The zero-order chi connectivity index (χ0) is 25.1. The van der Waals surface area contributed by atoms with Crippen molar-refractivity contribution in [3.8, 4) is 0 Å². The smallest absolute Gasteiger partial charge is 0.261 e. The lowest BCUT2D eigenvalue weighted by atomic mass is 9.99. The summed E-state index contributed by atoms with van der Waals surface area (Å²) in [7, 11) is 1.82. The van der Waals surface area contributed by atoms with E-state index in [0.29, 0.717) is 29.1 Å². The van der Waals surface area contributed by atoms with E-state index in [0.717, 1.165) is 69.3 Å². The Hall–Kier alpha value is -3.10. The maximum Gasteiger partial charge on any atom is 0.261 e. The van der Waals surface area contributed by atoms with Crippen LogP contribution in [0.1, 0.15) is 72.7 Å². The Labute approximate surface area is 210 Å². The van der Waals surface area contributed by atoms with Crippen molar-refractivity contribution in [3.05, 3.63) is 75.6 Å². The zero-order valence-corrected chi connectivity index (χ0v) is 20.8. The fourth-order valence-electron chi connectivity index (χ4n) is 5.35. The molecule has 36 heavy (non-hydrogen) atoms. The van der Waals surface area contributed by atoms with Crippen LogP contribution in [0.15, 0.2) is 47.3 Å². The quantitative estimate of drug-likeness (QED) is 0.543. The fraction of sp³-hybridized carbons (Fsp3) is 0.464. The van der Waals surface area contributed by atoms with E-state index in [1.54, 1.807) is 23.1 Å². The fourth-order valence-corrected chi connectivity index (χ4v) is 5.35. The van der Waals surface area contributed by atoms with Gasteiger partial charge in [-0.15, -0.1) is 0 Å². The first-order valence-electron chi connectivity index (χ1n) is 13.0. The number of nitrogens with one attached hydrogen (secondary N) is 2. The Kier molecular flexibility index (Phi) is 7.43. The zero-order valence-electron chi connectivity index (χ0n) is 20.8. The molecule has 2 aliphatic rings. The largest absolute Gasteiger partial charge is 0.342 e. The molecular formula is C28H34FN5O2. The summed E-state index contributed by atoms with van der Waals surface area (Å²) in [6.07, 6.45) is 7.84. The van der Waals surface area contributed by atoms with Gasteiger partial charge in [-0.2, -0.15) is 0 Å². The normalized spacial score (nSPS) is 20.1. The summed E-state index contributed by atoms with van der Waals surface area (Å²) in [5.41, 5.74) is 8.86. The number of benzene rings is 2. The molecule has 3 aromatic rings. The monoisotopic (exact) mass is 491 g/mol. The molecule has 0 aliphatic carbocycles. The highest BCUT2D eigenvalue weighted by Crippen LogP contribution is 2.24. The van der Waals surface area contributed by atoms with Crippen LogP contribution in [-0.4, -0.2) is 40.0 Å². The summed E-state index contributed by atoms with van der Waals surface area (Å²) >= 11 is 0. The molecule has 0 radical (unpaired) electrons. The Morgan fingerprint density at radius 1 is 1.11 bits per heavy atom. The Morgan fingerprint density at radius 3 is 2.75 bits per heavy atom. The highest BCUT2D eigenvalue weighted by Gasteiger charge is 2.25. The lowest BCUT2D eigenvalue weighted by molar-refractivity contribution is 0.0792. The molecule has 8 heteroatoms. The SMILES string of the molecule is CN(CCCC1CC(c2ccc(F)cc2)NN1)C(=O)c1ccc2c(=O)n3c(nc2c1)CCCCCC3. The first-order valence-corrected chi connectivity index (χ1v) is 13.0. The molecule has 0 saturated carbocycles. The molecule has 1 fully saturated rings. The number of nitrogens with zero attached hydrogens (tertiary/aromatic N) is 3. The molecule has 0 bridgehead atoms. The maximum atomic E-state index is 13.2. The van der Waals surface area contributed by atoms with Gasteiger partial charge in [-0.25, -0.2) is 9.37 Å². The summed E-state index contributed by atoms with van der Waals surface area (Å²) in [5, 5.41) is 0.578. The second-order valence-electron chi connectivity index (χ2n) is 10.1. The molecule has 2 atom stereocenters. The lowest BCUT2D eigenvalue weighted by Gasteiger charge is -2.19. The van der Waals surface area contributed by atoms with Crippen LogP contribution in [0.25, 0.3) is 10.9 Å². The average molecular weight is 492 g/mol. The van der Waals surface area contributed by atoms with Crippen LogP contribution >= 0.6 is 0 Å². The van der Waals surface area contributed by atoms with Crippen molar-refractivity contribution < 1.29 is 9.18 Å². The molecule has 1 amide bonds. The standard InChI is InChI=1S/C28H34FN5O2/c1-33(15-6-7-22-18-24(32-31-22)19-9-12-21(29)13-10-19)27(35)20-11-14-23-25(17-20)30-26-8-4-2-3-5-16-34(26)28(23)36/h9-14,17,22,24,31-32H,2-8,15-16,18H2,1H3. The molecule has 2 N–H and O–H groups in total. The number of aromatic nitrogens is 2. The molecule has 7 nitrogen and oxygen atoms in total. The number of carbonyl (C=O) groups is 1. The summed E-state index contributed by atoms with van der Waals surface area (Å²) < 4.78 is 15.0. The summed E-state index contributed by atoms with van der Waals surface area (Å²) in [5.74, 6) is 0.544. The van der Waals surface area contributed by atoms with Crippen LogP contribution in [0.2, 0.25) is 0 Å². The van der Waals surface area contributed by atoms with E-state index in [1.165, 1.54) is 12.1 Å². The maximum absolute atomic E-state index is 13.2. The Morgan fingerprint density at radius 2 is 1.92 bits per heavy atom. The molecule has 2 aromatic carbocycles. The third kappa shape index (κ3) is 5.34. The first-order chi connectivity index (χ1) is 17.5. The molecule has 1 aromatic heterocycles. The van der Waals surface area contributed by atoms with Gasteiger partial charge >= 0.3 is 0 Å². The third-order valence-electron chi connectivity index (χ3n) is 7.46. The molecule has 2 aliphatic heterocycles. The van der Waals surface area contributed by atoms with Crippen molar-refractivity contribution in [3.63, 3.8) is 0 Å². The summed E-state index contributed by atoms with van der Waals surface area (Å²) in [6.45, 7) is 1.35. The number of aryl methyl sites for hydroxylation is 1. The number of fused-ring (bicyclic) bond motifs is 2. The average Bonchev–Trinajstić information content (AvgIpc) is 3.34. The third-order valence-corrected chi connectivity index (χ3v) is 7.46. The lowest BCUT2D eigenvalue weighted by Crippen LogP contribution is -2.32. The van der Waals surface area contributed by atoms with Crippen molar-refractivity contribution in [2.24, 2.45) is 0 Å². The second-order valence-corrected chi connectivity index (χ2v) is 10.1. The van der Waals surface area contributed by atoms with Crippen LogP contribution < -0.4 is 16.4 Å². The molecule has 1 saturated heterocycles. The minimum absolute atomic E-state index is 0.000804. The van der Waals surface area contributed by atoms with Crippen LogP contribution in [-0.2, 0) is 13.0 Å². The molecular weight excluding hydrogens is 457 g/mol. The van der Waals surface area contributed by atoms with Gasteiger partial charge in [0.2, 0.25) is 0 Å². The van der Waals surface area contributed by atoms with Gasteiger partial charge in [-0.1, -0.05) is 25.0 Å². The summed E-state index contributed by atoms with van der Waals surface area (Å²) in [6, 6.07) is 12.3. The van der Waals surface area contributed by atoms with Gasteiger partial charge in [-0.3, -0.25) is 25.0 Å². The topological polar surface area (TPSA) is 79.3 Å². The van der Waals surface area contributed by atoms with Crippen molar-refractivity contribution in [2.75, 3.05) is 13.6 Å². The second kappa shape index (κ2) is 10.9. The van der Waals surface area contributed by atoms with E-state index in [1.807, 2.05) is 23.7 Å². The number of halogens is 1. The number of rotatable bonds is 6. The van der Waals surface area contributed by atoms with Crippen molar-refractivity contribution >= 4 is 16.8 Å². The van der Waals surface area contributed by atoms with Gasteiger partial charge in [0.05, 0.1) is 10.9 Å². The van der Waals surface area contributed by atoms with Gasteiger partial charge in [-0.05, 0) is 68.0 Å². The minimum atomic E-state index is -0.228. The number of hydrazine groups is 1. The minimum Gasteiger partial charge on any atom is -0.342 e. The highest BCUT2D eigenvalue weighted by atomic mass is 19.1. The number of hydrogen-bond donors (Lipinski definition) is 2. The van der Waals surface area contributed by atoms with E-state index >= 15 is 0 Å². The predicted molar refractivity (Wildman–Crippen MR) is 138 cm³/mol. The van der Waals surface area contributed by atoms with Gasteiger partial charge < -0.3 is 4.90 Å². The van der Waals surface area contributed by atoms with Gasteiger partial charge in [0.1, 0.15) is 11.6 Å². The molecule has 3 heterocycles. The van der Waals surface area contributed by atoms with E-state index in [-0.39, 0.29) is 23.3 Å². The van der Waals surface area contributed by atoms with Crippen LogP contribution in [0.3, 0.4) is 0 Å². The number of hydrogen-bond acceptors (Lipinski definition) is 5. The van der Waals surface area contributed by atoms with Crippen LogP contribution in [0.5, 0.6) is 0 Å². The van der Waals surface area contributed by atoms with E-state index < -0.39 is 0 Å². The van der Waals surface area contributed by atoms with E-state index in [2.05, 4.69) is 10.9 Å². The molecule has 5 rings (SSSR count). The van der Waals surface area contributed by atoms with Gasteiger partial charge in [0, 0.05) is 44.2 Å². The first kappa shape index (κ1) is 24.6. The number of carbonyl (C=O) groups excluding carboxylic acids is 1. The van der Waals surface area contributed by atoms with Gasteiger partial charge in [0.15, 0.2) is 0 Å². The predicted octanol–water partition coefficient (Wildman–Crippen LogP) is 4.11. The van der Waals surface area contributed by atoms with Gasteiger partial charge in [0.25, 0.3) is 11.5 Å². The highest BCUT2D eigenvalue weighted by molar-refractivity contribution is 5.97. The van der Waals surface area contributed by atoms with Crippen molar-refractivity contribution in [1.29, 1.82) is 0 Å².